The van der Waals surface area contributed by atoms with E-state index in [0.29, 0.717) is 0 Å². The monoisotopic (exact) mass is 672 g/mol. The minimum Gasteiger partial charge on any atom is -0.0619 e. The third-order valence-corrected chi connectivity index (χ3v) is 12.0. The maximum absolute atomic E-state index is 2.50. The van der Waals surface area contributed by atoms with Crippen molar-refractivity contribution in [2.24, 2.45) is 0 Å². The van der Waals surface area contributed by atoms with E-state index in [1.54, 1.807) is 0 Å². The summed E-state index contributed by atoms with van der Waals surface area (Å²) in [5.41, 5.74) is 13.1. The number of hydrogen-bond donors (Lipinski definition) is 0. The van der Waals surface area contributed by atoms with Gasteiger partial charge in [0.05, 0.1) is 0 Å². The van der Waals surface area contributed by atoms with Crippen LogP contribution in [0, 0.1) is 0 Å². The Morgan fingerprint density at radius 2 is 0.792 bits per heavy atom. The number of fused-ring (bicyclic) bond motifs is 9. The summed E-state index contributed by atoms with van der Waals surface area (Å²) in [6.45, 7) is 4.77. The van der Waals surface area contributed by atoms with Crippen molar-refractivity contribution in [1.29, 1.82) is 0 Å². The Labute approximate surface area is 309 Å². The summed E-state index contributed by atoms with van der Waals surface area (Å²) in [5.74, 6) is 0. The van der Waals surface area contributed by atoms with Crippen molar-refractivity contribution >= 4 is 53.9 Å². The van der Waals surface area contributed by atoms with Crippen LogP contribution in [0.4, 0.5) is 0 Å². The molecule has 0 amide bonds. The van der Waals surface area contributed by atoms with Gasteiger partial charge in [-0.25, -0.2) is 0 Å². The van der Waals surface area contributed by atoms with E-state index in [4.69, 9.17) is 0 Å². The third kappa shape index (κ3) is 4.36. The van der Waals surface area contributed by atoms with Crippen molar-refractivity contribution in [1.82, 2.24) is 0 Å². The lowest BCUT2D eigenvalue weighted by molar-refractivity contribution is 0.661. The van der Waals surface area contributed by atoms with Gasteiger partial charge in [0.2, 0.25) is 0 Å². The fraction of sp³-hybridized carbons (Fsp3) is 0.0566. The molecular weight excluding hydrogens is 637 g/mol. The van der Waals surface area contributed by atoms with Gasteiger partial charge in [-0.1, -0.05) is 172 Å². The zero-order valence-electron chi connectivity index (χ0n) is 29.8. The van der Waals surface area contributed by atoms with Crippen molar-refractivity contribution in [2.45, 2.75) is 19.3 Å². The molecule has 11 rings (SSSR count). The second-order valence-electron chi connectivity index (χ2n) is 15.2. The van der Waals surface area contributed by atoms with Crippen LogP contribution in [-0.4, -0.2) is 0 Å². The van der Waals surface area contributed by atoms with Crippen LogP contribution in [0.15, 0.2) is 182 Å². The highest BCUT2D eigenvalue weighted by Crippen LogP contribution is 2.54. The Balaban J connectivity index is 1.23. The highest BCUT2D eigenvalue weighted by Gasteiger charge is 2.37. The standard InChI is InChI=1S/C53H36/c1-53(2)48-26-14-13-25-45(48)52-40-20-8-7-19-39(40)46(32-49(52)53)37-30-35-17-5-6-18-38(35)47(31-37)51-43-23-11-9-21-41(43)50(42-22-10-12-24-44(42)51)36-28-27-33-15-3-4-16-34(33)29-36/h3-32H,1-2H3. The molecule has 10 aromatic carbocycles. The van der Waals surface area contributed by atoms with E-state index in [9.17, 15) is 0 Å². The number of hydrogen-bond acceptors (Lipinski definition) is 0. The van der Waals surface area contributed by atoms with Crippen LogP contribution < -0.4 is 0 Å². The summed E-state index contributed by atoms with van der Waals surface area (Å²) >= 11 is 0. The van der Waals surface area contributed by atoms with E-state index in [-0.39, 0.29) is 5.41 Å². The molecule has 1 aliphatic carbocycles. The summed E-state index contributed by atoms with van der Waals surface area (Å²) in [5, 5.41) is 12.7. The average molecular weight is 673 g/mol. The summed E-state index contributed by atoms with van der Waals surface area (Å²) < 4.78 is 0. The van der Waals surface area contributed by atoms with Gasteiger partial charge in [0.25, 0.3) is 0 Å². The molecule has 0 fully saturated rings. The van der Waals surface area contributed by atoms with Crippen LogP contribution in [0.5, 0.6) is 0 Å². The van der Waals surface area contributed by atoms with Gasteiger partial charge < -0.3 is 0 Å². The minimum atomic E-state index is -0.102. The predicted octanol–water partition coefficient (Wildman–Crippen LogP) is 14.8. The van der Waals surface area contributed by atoms with E-state index in [2.05, 4.69) is 196 Å². The van der Waals surface area contributed by atoms with E-state index in [0.717, 1.165) is 0 Å². The maximum atomic E-state index is 2.50. The Hall–Kier alpha value is -6.50. The molecule has 0 atom stereocenters. The molecule has 0 heteroatoms. The summed E-state index contributed by atoms with van der Waals surface area (Å²) in [7, 11) is 0. The average Bonchev–Trinajstić information content (AvgIpc) is 3.45. The lowest BCUT2D eigenvalue weighted by Crippen LogP contribution is -2.15. The third-order valence-electron chi connectivity index (χ3n) is 12.0. The van der Waals surface area contributed by atoms with Gasteiger partial charge in [-0.2, -0.15) is 0 Å². The van der Waals surface area contributed by atoms with E-state index in [1.807, 2.05) is 0 Å². The maximum Gasteiger partial charge on any atom is 0.0159 e. The first kappa shape index (κ1) is 30.2. The zero-order chi connectivity index (χ0) is 35.3. The first-order chi connectivity index (χ1) is 26.1. The topological polar surface area (TPSA) is 0 Å². The Bertz CT molecular complexity index is 3080. The molecule has 0 radical (unpaired) electrons. The highest BCUT2D eigenvalue weighted by atomic mass is 14.4. The second kappa shape index (κ2) is 11.2. The number of benzene rings is 10. The summed E-state index contributed by atoms with van der Waals surface area (Å²) in [4.78, 5) is 0. The molecule has 0 aliphatic heterocycles. The molecule has 0 N–H and O–H groups in total. The van der Waals surface area contributed by atoms with Gasteiger partial charge in [-0.3, -0.25) is 0 Å². The van der Waals surface area contributed by atoms with Crippen LogP contribution >= 0.6 is 0 Å². The van der Waals surface area contributed by atoms with Gasteiger partial charge >= 0.3 is 0 Å². The molecule has 1 aliphatic rings. The second-order valence-corrected chi connectivity index (χ2v) is 15.2. The minimum absolute atomic E-state index is 0.102. The lowest BCUT2D eigenvalue weighted by atomic mass is 9.79. The van der Waals surface area contributed by atoms with Crippen LogP contribution in [-0.2, 0) is 5.41 Å². The van der Waals surface area contributed by atoms with E-state index >= 15 is 0 Å². The van der Waals surface area contributed by atoms with Crippen LogP contribution in [0.1, 0.15) is 25.0 Å². The fourth-order valence-corrected chi connectivity index (χ4v) is 9.54. The molecule has 0 unspecified atom stereocenters. The van der Waals surface area contributed by atoms with E-state index in [1.165, 1.54) is 109 Å². The normalized spacial score (nSPS) is 13.2. The Morgan fingerprint density at radius 3 is 1.49 bits per heavy atom. The van der Waals surface area contributed by atoms with Gasteiger partial charge in [0.15, 0.2) is 0 Å². The molecular formula is C53H36. The molecule has 0 bridgehead atoms. The van der Waals surface area contributed by atoms with Crippen LogP contribution in [0.2, 0.25) is 0 Å². The van der Waals surface area contributed by atoms with Gasteiger partial charge in [-0.15, -0.1) is 0 Å². The van der Waals surface area contributed by atoms with E-state index < -0.39 is 0 Å². The first-order valence-electron chi connectivity index (χ1n) is 18.7. The lowest BCUT2D eigenvalue weighted by Gasteiger charge is -2.23. The fourth-order valence-electron chi connectivity index (χ4n) is 9.54. The van der Waals surface area contributed by atoms with Crippen molar-refractivity contribution < 1.29 is 0 Å². The number of rotatable bonds is 3. The van der Waals surface area contributed by atoms with Crippen molar-refractivity contribution in [3.8, 4) is 44.5 Å². The van der Waals surface area contributed by atoms with Crippen molar-refractivity contribution in [3.05, 3.63) is 193 Å². The largest absolute Gasteiger partial charge is 0.0619 e. The van der Waals surface area contributed by atoms with Crippen molar-refractivity contribution in [3.63, 3.8) is 0 Å². The molecule has 248 valence electrons. The molecule has 0 saturated heterocycles. The Morgan fingerprint density at radius 1 is 0.283 bits per heavy atom. The SMILES string of the molecule is CC1(C)c2ccccc2-c2c1cc(-c1cc(-c3c4ccccc4c(-c4ccc5ccccc5c4)c4ccccc34)c3ccccc3c1)c1ccccc21. The quantitative estimate of drug-likeness (QED) is 0.164. The van der Waals surface area contributed by atoms with Gasteiger partial charge in [0.1, 0.15) is 0 Å². The van der Waals surface area contributed by atoms with Crippen molar-refractivity contribution in [2.75, 3.05) is 0 Å². The Kier molecular flexibility index (Phi) is 6.40. The van der Waals surface area contributed by atoms with Gasteiger partial charge in [-0.05, 0) is 134 Å². The van der Waals surface area contributed by atoms with Crippen LogP contribution in [0.3, 0.4) is 0 Å². The van der Waals surface area contributed by atoms with Crippen LogP contribution in [0.25, 0.3) is 98.4 Å². The molecule has 53 heavy (non-hydrogen) atoms. The zero-order valence-corrected chi connectivity index (χ0v) is 29.8. The molecule has 0 aromatic heterocycles. The smallest absolute Gasteiger partial charge is 0.0159 e. The highest BCUT2D eigenvalue weighted by molar-refractivity contribution is 6.24. The molecule has 0 nitrogen and oxygen atoms in total. The van der Waals surface area contributed by atoms with Gasteiger partial charge in [0, 0.05) is 5.41 Å². The predicted molar refractivity (Wildman–Crippen MR) is 228 cm³/mol. The molecule has 0 saturated carbocycles. The molecule has 10 aromatic rings. The molecule has 0 spiro atoms. The summed E-state index contributed by atoms with van der Waals surface area (Å²) in [6.07, 6.45) is 0. The molecule has 0 heterocycles. The summed E-state index contributed by atoms with van der Waals surface area (Å²) in [6, 6.07) is 68.0. The first-order valence-corrected chi connectivity index (χ1v) is 18.7.